The Kier molecular flexibility index (Phi) is 5.28. The average Bonchev–Trinajstić information content (AvgIpc) is 2.30. The second kappa shape index (κ2) is 6.50. The van der Waals surface area contributed by atoms with Gasteiger partial charge in [-0.15, -0.1) is 0 Å². The maximum atomic E-state index is 13.1. The number of carbonyl (C=O) groups excluding carboxylic acids is 1. The molecule has 18 heavy (non-hydrogen) atoms. The van der Waals surface area contributed by atoms with Crippen LogP contribution in [0.2, 0.25) is 0 Å². The Labute approximate surface area is 108 Å². The fourth-order valence-corrected chi connectivity index (χ4v) is 1.59. The Morgan fingerprint density at radius 2 is 2.11 bits per heavy atom. The lowest BCUT2D eigenvalue weighted by atomic mass is 10.1. The zero-order chi connectivity index (χ0) is 13.7. The number of rotatable bonds is 5. The van der Waals surface area contributed by atoms with Crippen LogP contribution in [0.25, 0.3) is 0 Å². The third-order valence-electron chi connectivity index (χ3n) is 2.73. The molecule has 0 heterocycles. The van der Waals surface area contributed by atoms with Crippen LogP contribution in [0.15, 0.2) is 18.2 Å². The molecular weight excluding hydrogens is 231 g/mol. The molecule has 0 aliphatic rings. The van der Waals surface area contributed by atoms with Crippen LogP contribution in [0.5, 0.6) is 0 Å². The number of hydrogen-bond donors (Lipinski definition) is 1. The third kappa shape index (κ3) is 4.45. The van der Waals surface area contributed by atoms with Crippen LogP contribution in [0.4, 0.5) is 4.39 Å². The molecule has 4 heteroatoms. The van der Waals surface area contributed by atoms with Gasteiger partial charge in [0.1, 0.15) is 5.82 Å². The SMILES string of the molecule is Cc1cc(CN(C)C(=O)CNC(C)C)ccc1F. The first kappa shape index (κ1) is 14.6. The molecule has 0 saturated carbocycles. The summed E-state index contributed by atoms with van der Waals surface area (Å²) in [5, 5.41) is 3.08. The summed E-state index contributed by atoms with van der Waals surface area (Å²) in [5.41, 5.74) is 1.54. The van der Waals surface area contributed by atoms with Crippen LogP contribution in [-0.2, 0) is 11.3 Å². The molecule has 1 aromatic rings. The minimum atomic E-state index is -0.214. The van der Waals surface area contributed by atoms with Gasteiger partial charge in [0.25, 0.3) is 0 Å². The van der Waals surface area contributed by atoms with Gasteiger partial charge in [-0.25, -0.2) is 4.39 Å². The van der Waals surface area contributed by atoms with E-state index in [0.717, 1.165) is 5.56 Å². The molecular formula is C14H21FN2O. The molecule has 0 spiro atoms. The molecule has 0 atom stereocenters. The van der Waals surface area contributed by atoms with Crippen molar-refractivity contribution < 1.29 is 9.18 Å². The highest BCUT2D eigenvalue weighted by atomic mass is 19.1. The van der Waals surface area contributed by atoms with E-state index in [1.165, 1.54) is 6.07 Å². The minimum absolute atomic E-state index is 0.0330. The summed E-state index contributed by atoms with van der Waals surface area (Å²) in [6.07, 6.45) is 0. The monoisotopic (exact) mass is 252 g/mol. The quantitative estimate of drug-likeness (QED) is 0.870. The summed E-state index contributed by atoms with van der Waals surface area (Å²) in [6, 6.07) is 5.21. The van der Waals surface area contributed by atoms with Crippen LogP contribution in [0, 0.1) is 12.7 Å². The Morgan fingerprint density at radius 3 is 2.67 bits per heavy atom. The predicted molar refractivity (Wildman–Crippen MR) is 70.7 cm³/mol. The molecule has 1 N–H and O–H groups in total. The molecule has 0 saturated heterocycles. The summed E-state index contributed by atoms with van der Waals surface area (Å²) in [4.78, 5) is 13.4. The van der Waals surface area contributed by atoms with Gasteiger partial charge in [0, 0.05) is 19.6 Å². The molecule has 0 fully saturated rings. The van der Waals surface area contributed by atoms with Gasteiger partial charge in [0.2, 0.25) is 5.91 Å². The highest BCUT2D eigenvalue weighted by Crippen LogP contribution is 2.10. The zero-order valence-corrected chi connectivity index (χ0v) is 11.5. The van der Waals surface area contributed by atoms with Gasteiger partial charge in [-0.3, -0.25) is 4.79 Å². The van der Waals surface area contributed by atoms with Gasteiger partial charge in [0.05, 0.1) is 6.54 Å². The van der Waals surface area contributed by atoms with Crippen LogP contribution in [0.1, 0.15) is 25.0 Å². The molecule has 0 aliphatic heterocycles. The van der Waals surface area contributed by atoms with Crippen molar-refractivity contribution in [3.63, 3.8) is 0 Å². The summed E-state index contributed by atoms with van der Waals surface area (Å²) >= 11 is 0. The van der Waals surface area contributed by atoms with E-state index in [4.69, 9.17) is 0 Å². The number of aryl methyl sites for hydroxylation is 1. The van der Waals surface area contributed by atoms with Crippen molar-refractivity contribution in [3.05, 3.63) is 35.1 Å². The number of carbonyl (C=O) groups is 1. The Bertz CT molecular complexity index is 418. The zero-order valence-electron chi connectivity index (χ0n) is 11.5. The third-order valence-corrected chi connectivity index (χ3v) is 2.73. The standard InChI is InChI=1S/C14H21FN2O/c1-10(2)16-8-14(18)17(4)9-12-5-6-13(15)11(3)7-12/h5-7,10,16H,8-9H2,1-4H3. The molecule has 1 amide bonds. The molecule has 1 aromatic carbocycles. The first-order valence-electron chi connectivity index (χ1n) is 6.12. The number of hydrogen-bond acceptors (Lipinski definition) is 2. The second-order valence-electron chi connectivity index (χ2n) is 4.87. The van der Waals surface area contributed by atoms with Crippen LogP contribution in [0.3, 0.4) is 0 Å². The smallest absolute Gasteiger partial charge is 0.236 e. The van der Waals surface area contributed by atoms with E-state index in [2.05, 4.69) is 5.32 Å². The van der Waals surface area contributed by atoms with Gasteiger partial charge in [-0.2, -0.15) is 0 Å². The van der Waals surface area contributed by atoms with Gasteiger partial charge < -0.3 is 10.2 Å². The number of halogens is 1. The lowest BCUT2D eigenvalue weighted by molar-refractivity contribution is -0.129. The molecule has 0 unspecified atom stereocenters. The molecule has 1 rings (SSSR count). The fourth-order valence-electron chi connectivity index (χ4n) is 1.59. The van der Waals surface area contributed by atoms with Crippen molar-refractivity contribution in [1.29, 1.82) is 0 Å². The summed E-state index contributed by atoms with van der Waals surface area (Å²) < 4.78 is 13.1. The van der Waals surface area contributed by atoms with Gasteiger partial charge in [-0.05, 0) is 24.1 Å². The van der Waals surface area contributed by atoms with Crippen molar-refractivity contribution in [3.8, 4) is 0 Å². The van der Waals surface area contributed by atoms with Crippen molar-refractivity contribution in [2.24, 2.45) is 0 Å². The highest BCUT2D eigenvalue weighted by molar-refractivity contribution is 5.78. The van der Waals surface area contributed by atoms with E-state index in [9.17, 15) is 9.18 Å². The molecule has 100 valence electrons. The van der Waals surface area contributed by atoms with Crippen molar-refractivity contribution in [2.75, 3.05) is 13.6 Å². The Balaban J connectivity index is 2.55. The van der Waals surface area contributed by atoms with E-state index in [-0.39, 0.29) is 17.8 Å². The average molecular weight is 252 g/mol. The van der Waals surface area contributed by atoms with Crippen LogP contribution < -0.4 is 5.32 Å². The maximum absolute atomic E-state index is 13.1. The van der Waals surface area contributed by atoms with Crippen molar-refractivity contribution in [1.82, 2.24) is 10.2 Å². The Hall–Kier alpha value is -1.42. The molecule has 0 aliphatic carbocycles. The Morgan fingerprint density at radius 1 is 1.44 bits per heavy atom. The lowest BCUT2D eigenvalue weighted by Gasteiger charge is -2.19. The highest BCUT2D eigenvalue weighted by Gasteiger charge is 2.10. The van der Waals surface area contributed by atoms with E-state index < -0.39 is 0 Å². The molecule has 3 nitrogen and oxygen atoms in total. The fraction of sp³-hybridized carbons (Fsp3) is 0.500. The second-order valence-corrected chi connectivity index (χ2v) is 4.87. The van der Waals surface area contributed by atoms with Crippen LogP contribution >= 0.6 is 0 Å². The molecule has 0 bridgehead atoms. The van der Waals surface area contributed by atoms with E-state index in [0.29, 0.717) is 18.7 Å². The summed E-state index contributed by atoms with van der Waals surface area (Å²) in [6.45, 7) is 6.54. The predicted octanol–water partition coefficient (Wildman–Crippen LogP) is 2.09. The number of nitrogens with zero attached hydrogens (tertiary/aromatic N) is 1. The van der Waals surface area contributed by atoms with E-state index in [1.54, 1.807) is 31.0 Å². The van der Waals surface area contributed by atoms with Gasteiger partial charge >= 0.3 is 0 Å². The molecule has 0 aromatic heterocycles. The van der Waals surface area contributed by atoms with E-state index >= 15 is 0 Å². The number of nitrogens with one attached hydrogen (secondary N) is 1. The first-order valence-corrected chi connectivity index (χ1v) is 6.12. The summed E-state index contributed by atoms with van der Waals surface area (Å²) in [5.74, 6) is -0.181. The number of benzene rings is 1. The largest absolute Gasteiger partial charge is 0.340 e. The van der Waals surface area contributed by atoms with Crippen LogP contribution in [-0.4, -0.2) is 30.4 Å². The van der Waals surface area contributed by atoms with Crippen molar-refractivity contribution >= 4 is 5.91 Å². The first-order chi connectivity index (χ1) is 8.40. The number of amides is 1. The molecule has 0 radical (unpaired) electrons. The van der Waals surface area contributed by atoms with Gasteiger partial charge in [0.15, 0.2) is 0 Å². The topological polar surface area (TPSA) is 32.3 Å². The van der Waals surface area contributed by atoms with E-state index in [1.807, 2.05) is 13.8 Å². The van der Waals surface area contributed by atoms with Gasteiger partial charge in [-0.1, -0.05) is 26.0 Å². The summed E-state index contributed by atoms with van der Waals surface area (Å²) in [7, 11) is 1.75. The lowest BCUT2D eigenvalue weighted by Crippen LogP contribution is -2.37. The maximum Gasteiger partial charge on any atom is 0.236 e. The minimum Gasteiger partial charge on any atom is -0.340 e. The van der Waals surface area contributed by atoms with Crippen molar-refractivity contribution in [2.45, 2.75) is 33.4 Å². The normalized spacial score (nSPS) is 10.8. The number of likely N-dealkylation sites (N-methyl/N-ethyl adjacent to an activating group) is 1.